The van der Waals surface area contributed by atoms with E-state index in [2.05, 4.69) is 0 Å². The average Bonchev–Trinajstić information content (AvgIpc) is 1.83. The number of carboxylic acids is 2. The molecule has 0 aromatic heterocycles. The summed E-state index contributed by atoms with van der Waals surface area (Å²) in [5.74, 6) is -2.40. The largest absolute Gasteiger partial charge is 0.479 e. The predicted molar refractivity (Wildman–Crippen MR) is 53.6 cm³/mol. The van der Waals surface area contributed by atoms with Crippen LogP contribution in [0, 0.1) is 0 Å². The maximum absolute atomic E-state index is 9.77. The van der Waals surface area contributed by atoms with Gasteiger partial charge in [0.15, 0.2) is 11.2 Å². The van der Waals surface area contributed by atoms with Gasteiger partial charge >= 0.3 is 11.9 Å². The van der Waals surface area contributed by atoms with Gasteiger partial charge in [0.05, 0.1) is 0 Å². The number of aliphatic hydroxyl groups is 2. The topological polar surface area (TPSA) is 115 Å². The Morgan fingerprint density at radius 1 is 0.800 bits per heavy atom. The molecule has 0 atom stereocenters. The van der Waals surface area contributed by atoms with Crippen molar-refractivity contribution in [2.45, 2.75) is 38.9 Å². The molecule has 0 fully saturated rings. The fraction of sp³-hybridized carbons (Fsp3) is 0.750. The first-order valence-electron chi connectivity index (χ1n) is 3.80. The normalized spacial score (nSPS) is 10.5. The molecule has 0 amide bonds. The second-order valence-electron chi connectivity index (χ2n) is 3.73. The van der Waals surface area contributed by atoms with Crippen LogP contribution in [-0.4, -0.2) is 70.9 Å². The van der Waals surface area contributed by atoms with Crippen LogP contribution in [0.4, 0.5) is 0 Å². The van der Waals surface area contributed by atoms with E-state index in [9.17, 15) is 9.59 Å². The van der Waals surface area contributed by atoms with Crippen molar-refractivity contribution in [3.05, 3.63) is 0 Å². The second-order valence-corrected chi connectivity index (χ2v) is 3.73. The van der Waals surface area contributed by atoms with Crippen molar-refractivity contribution in [2.75, 3.05) is 0 Å². The fourth-order valence-corrected chi connectivity index (χ4v) is 0. The van der Waals surface area contributed by atoms with Crippen molar-refractivity contribution in [1.29, 1.82) is 0 Å². The molecule has 0 heterocycles. The van der Waals surface area contributed by atoms with Crippen LogP contribution in [0.25, 0.3) is 0 Å². The van der Waals surface area contributed by atoms with Gasteiger partial charge < -0.3 is 20.4 Å². The Bertz CT molecular complexity index is 188. The van der Waals surface area contributed by atoms with Crippen molar-refractivity contribution in [3.63, 3.8) is 0 Å². The number of aliphatic carboxylic acids is 2. The Labute approximate surface area is 108 Å². The molecular weight excluding hydrogens is 399 g/mol. The van der Waals surface area contributed by atoms with E-state index in [1.54, 1.807) is 0 Å². The molecule has 0 spiro atoms. The van der Waals surface area contributed by atoms with E-state index in [-0.39, 0.29) is 27.3 Å². The summed E-state index contributed by atoms with van der Waals surface area (Å²) in [5.41, 5.74) is -3.17. The Morgan fingerprint density at radius 3 is 0.867 bits per heavy atom. The van der Waals surface area contributed by atoms with E-state index in [0.29, 0.717) is 0 Å². The van der Waals surface area contributed by atoms with Gasteiger partial charge in [-0.05, 0) is 27.7 Å². The first-order valence-corrected chi connectivity index (χ1v) is 3.80. The van der Waals surface area contributed by atoms with Gasteiger partial charge in [0.1, 0.15) is 0 Å². The van der Waals surface area contributed by atoms with Crippen LogP contribution < -0.4 is 0 Å². The minimum absolute atomic E-state index is 0. The molecule has 0 bridgehead atoms. The Hall–Kier alpha value is -0.218. The minimum Gasteiger partial charge on any atom is -0.479 e. The molecule has 6 nitrogen and oxygen atoms in total. The number of carboxylic acid groups (broad SMARTS) is 2. The molecule has 0 unspecified atom stereocenters. The molecule has 7 heteroatoms. The van der Waals surface area contributed by atoms with Crippen LogP contribution in [0.2, 0.25) is 0 Å². The summed E-state index contributed by atoms with van der Waals surface area (Å²) in [6.07, 6.45) is 0. The Morgan fingerprint density at radius 2 is 0.867 bits per heavy atom. The van der Waals surface area contributed by atoms with Gasteiger partial charge in [0.25, 0.3) is 0 Å². The zero-order valence-electron chi connectivity index (χ0n) is 9.11. The van der Waals surface area contributed by atoms with Gasteiger partial charge in [-0.25, -0.2) is 9.59 Å². The smallest absolute Gasteiger partial charge is 0.335 e. The minimum atomic E-state index is -1.58. The first-order chi connectivity index (χ1) is 5.89. The zero-order valence-corrected chi connectivity index (χ0v) is 13.0. The zero-order chi connectivity index (χ0) is 12.2. The third kappa shape index (κ3) is 13.8. The second kappa shape index (κ2) is 7.12. The first kappa shape index (κ1) is 20.2. The summed E-state index contributed by atoms with van der Waals surface area (Å²) in [4.78, 5) is 19.5. The van der Waals surface area contributed by atoms with E-state index >= 15 is 0 Å². The van der Waals surface area contributed by atoms with E-state index in [1.807, 2.05) is 0 Å². The summed E-state index contributed by atoms with van der Waals surface area (Å²) in [5, 5.41) is 33.0. The van der Waals surface area contributed by atoms with Gasteiger partial charge in [0, 0.05) is 27.3 Å². The van der Waals surface area contributed by atoms with Crippen molar-refractivity contribution < 1.29 is 30.0 Å². The quantitative estimate of drug-likeness (QED) is 0.444. The average molecular weight is 415 g/mol. The molecule has 15 heavy (non-hydrogen) atoms. The number of rotatable bonds is 2. The summed E-state index contributed by atoms with van der Waals surface area (Å²) in [6.45, 7) is 4.87. The van der Waals surface area contributed by atoms with Crippen LogP contribution in [0.15, 0.2) is 0 Å². The molecule has 0 aliphatic heterocycles. The molecule has 88 valence electrons. The van der Waals surface area contributed by atoms with Crippen molar-refractivity contribution in [3.8, 4) is 0 Å². The molecule has 0 aromatic rings. The predicted octanol–water partition coefficient (Wildman–Crippen LogP) is -0.697. The van der Waals surface area contributed by atoms with Gasteiger partial charge in [-0.15, -0.1) is 0 Å². The third-order valence-corrected chi connectivity index (χ3v) is 1.05. The fourth-order valence-electron chi connectivity index (χ4n) is 0. The molecule has 0 rings (SSSR count). The molecule has 4 N–H and O–H groups in total. The number of hydrogen-bond acceptors (Lipinski definition) is 4. The van der Waals surface area contributed by atoms with Gasteiger partial charge in [-0.2, -0.15) is 0 Å². The van der Waals surface area contributed by atoms with E-state index in [0.717, 1.165) is 0 Å². The molecule has 0 aromatic carbocycles. The third-order valence-electron chi connectivity index (χ3n) is 1.05. The summed E-state index contributed by atoms with van der Waals surface area (Å²) < 4.78 is 0. The number of hydrogen-bond donors (Lipinski definition) is 4. The molecule has 0 aliphatic carbocycles. The summed E-state index contributed by atoms with van der Waals surface area (Å²) in [7, 11) is 0. The molecule has 0 aliphatic rings. The molecular formula is C8H16O6Pb. The van der Waals surface area contributed by atoms with Crippen molar-refractivity contribution in [2.24, 2.45) is 0 Å². The van der Waals surface area contributed by atoms with Gasteiger partial charge in [-0.3, -0.25) is 0 Å². The van der Waals surface area contributed by atoms with Crippen LogP contribution in [-0.2, 0) is 9.59 Å². The summed E-state index contributed by atoms with van der Waals surface area (Å²) >= 11 is 0. The molecule has 0 saturated heterocycles. The van der Waals surface area contributed by atoms with Crippen LogP contribution in [0.5, 0.6) is 0 Å². The standard InChI is InChI=1S/2C4H8O3.Pb/c2*1-4(2,7)3(5)6;/h2*7H,1-2H3,(H,5,6);. The SMILES string of the molecule is CC(C)(O)C(=O)O.CC(C)(O)C(=O)O.[Pb]. The molecule has 4 radical (unpaired) electrons. The van der Waals surface area contributed by atoms with E-state index in [1.165, 1.54) is 27.7 Å². The monoisotopic (exact) mass is 416 g/mol. The van der Waals surface area contributed by atoms with Gasteiger partial charge in [-0.1, -0.05) is 0 Å². The van der Waals surface area contributed by atoms with Crippen LogP contribution in [0.3, 0.4) is 0 Å². The Balaban J connectivity index is -0.000000180. The van der Waals surface area contributed by atoms with Crippen molar-refractivity contribution >= 4 is 39.2 Å². The Kier molecular flexibility index (Phi) is 9.60. The molecule has 0 saturated carbocycles. The maximum Gasteiger partial charge on any atom is 0.335 e. The van der Waals surface area contributed by atoms with Crippen molar-refractivity contribution in [1.82, 2.24) is 0 Å². The van der Waals surface area contributed by atoms with Crippen LogP contribution in [0.1, 0.15) is 27.7 Å². The van der Waals surface area contributed by atoms with Crippen LogP contribution >= 0.6 is 0 Å². The van der Waals surface area contributed by atoms with E-state index < -0.39 is 23.1 Å². The van der Waals surface area contributed by atoms with Gasteiger partial charge in [0.2, 0.25) is 0 Å². The summed E-state index contributed by atoms with van der Waals surface area (Å²) in [6, 6.07) is 0. The number of carbonyl (C=O) groups is 2. The van der Waals surface area contributed by atoms with E-state index in [4.69, 9.17) is 20.4 Å². The maximum atomic E-state index is 9.77.